The lowest BCUT2D eigenvalue weighted by atomic mass is 10.3. The number of hydrazine groups is 1. The summed E-state index contributed by atoms with van der Waals surface area (Å²) in [6, 6.07) is 4.68. The van der Waals surface area contributed by atoms with Crippen molar-refractivity contribution in [1.82, 2.24) is 5.43 Å². The van der Waals surface area contributed by atoms with Gasteiger partial charge in [0.05, 0.1) is 15.7 Å². The van der Waals surface area contributed by atoms with Gasteiger partial charge in [0.15, 0.2) is 0 Å². The number of hydrogen-bond donors (Lipinski definition) is 3. The molecule has 1 aromatic carbocycles. The van der Waals surface area contributed by atoms with E-state index < -0.39 is 6.09 Å². The Bertz CT molecular complexity index is 330. The first-order valence-electron chi connectivity index (χ1n) is 3.29. The number of amides is 1. The molecular formula is C7H6Cl2N2O2. The van der Waals surface area contributed by atoms with Crippen LogP contribution in [0.2, 0.25) is 10.0 Å². The number of nitrogens with one attached hydrogen (secondary N) is 2. The van der Waals surface area contributed by atoms with Crippen LogP contribution in [0.3, 0.4) is 0 Å². The van der Waals surface area contributed by atoms with E-state index in [-0.39, 0.29) is 0 Å². The smallest absolute Gasteiger partial charge is 0.423 e. The molecule has 0 spiro atoms. The van der Waals surface area contributed by atoms with Crippen LogP contribution in [0.15, 0.2) is 18.2 Å². The number of hydrogen-bond acceptors (Lipinski definition) is 2. The molecule has 0 aliphatic heterocycles. The van der Waals surface area contributed by atoms with E-state index in [1.165, 1.54) is 6.07 Å². The third-order valence-corrected chi connectivity index (χ3v) is 1.97. The monoisotopic (exact) mass is 220 g/mol. The first-order valence-corrected chi connectivity index (χ1v) is 4.05. The minimum atomic E-state index is -1.17. The summed E-state index contributed by atoms with van der Waals surface area (Å²) in [5.74, 6) is 0. The number of carboxylic acid groups (broad SMARTS) is 1. The Morgan fingerprint density at radius 2 is 2.00 bits per heavy atom. The standard InChI is InChI=1S/C7H6Cl2N2O2/c8-5-2-1-4(3-6(5)9)10-11-7(12)13/h1-3,10-11H,(H,12,13). The molecule has 0 aliphatic carbocycles. The highest BCUT2D eigenvalue weighted by Gasteiger charge is 1.99. The Balaban J connectivity index is 2.68. The van der Waals surface area contributed by atoms with Crippen LogP contribution in [-0.4, -0.2) is 11.2 Å². The van der Waals surface area contributed by atoms with Crippen molar-refractivity contribution in [3.63, 3.8) is 0 Å². The fraction of sp³-hybridized carbons (Fsp3) is 0. The van der Waals surface area contributed by atoms with Gasteiger partial charge >= 0.3 is 6.09 Å². The van der Waals surface area contributed by atoms with Crippen molar-refractivity contribution >= 4 is 35.0 Å². The summed E-state index contributed by atoms with van der Waals surface area (Å²) >= 11 is 11.3. The van der Waals surface area contributed by atoms with Gasteiger partial charge in [0, 0.05) is 0 Å². The van der Waals surface area contributed by atoms with E-state index in [1.807, 2.05) is 5.43 Å². The molecule has 1 rings (SSSR count). The predicted molar refractivity (Wildman–Crippen MR) is 51.2 cm³/mol. The van der Waals surface area contributed by atoms with Crippen LogP contribution >= 0.6 is 23.2 Å². The van der Waals surface area contributed by atoms with Crippen molar-refractivity contribution in [2.24, 2.45) is 0 Å². The van der Waals surface area contributed by atoms with Crippen LogP contribution in [0.25, 0.3) is 0 Å². The highest BCUT2D eigenvalue weighted by molar-refractivity contribution is 6.42. The second-order valence-electron chi connectivity index (χ2n) is 2.18. The van der Waals surface area contributed by atoms with Crippen molar-refractivity contribution in [1.29, 1.82) is 0 Å². The first kappa shape index (κ1) is 9.95. The Kier molecular flexibility index (Phi) is 3.22. The van der Waals surface area contributed by atoms with E-state index in [1.54, 1.807) is 12.1 Å². The molecule has 0 aromatic heterocycles. The molecule has 6 heteroatoms. The number of carbonyl (C=O) groups is 1. The molecule has 0 atom stereocenters. The topological polar surface area (TPSA) is 61.4 Å². The van der Waals surface area contributed by atoms with E-state index in [0.29, 0.717) is 15.7 Å². The Morgan fingerprint density at radius 1 is 1.31 bits per heavy atom. The van der Waals surface area contributed by atoms with Crippen molar-refractivity contribution in [2.75, 3.05) is 5.43 Å². The fourth-order valence-electron chi connectivity index (χ4n) is 0.700. The Labute approximate surface area is 84.4 Å². The number of rotatable bonds is 2. The van der Waals surface area contributed by atoms with Crippen molar-refractivity contribution < 1.29 is 9.90 Å². The van der Waals surface area contributed by atoms with Crippen molar-refractivity contribution in [3.05, 3.63) is 28.2 Å². The van der Waals surface area contributed by atoms with Crippen molar-refractivity contribution in [3.8, 4) is 0 Å². The maximum Gasteiger partial charge on any atom is 0.423 e. The molecule has 1 amide bonds. The minimum Gasteiger partial charge on any atom is -0.464 e. The molecule has 4 nitrogen and oxygen atoms in total. The van der Waals surface area contributed by atoms with Gasteiger partial charge in [-0.25, -0.2) is 10.2 Å². The summed E-state index contributed by atoms with van der Waals surface area (Å²) < 4.78 is 0. The number of anilines is 1. The highest BCUT2D eigenvalue weighted by Crippen LogP contribution is 2.24. The van der Waals surface area contributed by atoms with Gasteiger partial charge < -0.3 is 5.11 Å². The maximum atomic E-state index is 10.1. The van der Waals surface area contributed by atoms with Gasteiger partial charge in [-0.05, 0) is 18.2 Å². The lowest BCUT2D eigenvalue weighted by Gasteiger charge is -2.05. The first-order chi connectivity index (χ1) is 6.09. The molecule has 0 radical (unpaired) electrons. The van der Waals surface area contributed by atoms with Gasteiger partial charge in [0.2, 0.25) is 0 Å². The average molecular weight is 221 g/mol. The predicted octanol–water partition coefficient (Wildman–Crippen LogP) is 2.59. The Hall–Kier alpha value is -1.13. The fourth-order valence-corrected chi connectivity index (χ4v) is 0.998. The third-order valence-electron chi connectivity index (χ3n) is 1.23. The quantitative estimate of drug-likeness (QED) is 0.672. The molecule has 13 heavy (non-hydrogen) atoms. The van der Waals surface area contributed by atoms with Crippen LogP contribution < -0.4 is 10.9 Å². The van der Waals surface area contributed by atoms with Gasteiger partial charge in [0.25, 0.3) is 0 Å². The minimum absolute atomic E-state index is 0.360. The average Bonchev–Trinajstić information content (AvgIpc) is 2.07. The number of benzene rings is 1. The zero-order chi connectivity index (χ0) is 9.84. The van der Waals surface area contributed by atoms with E-state index in [2.05, 4.69) is 5.43 Å². The van der Waals surface area contributed by atoms with Gasteiger partial charge in [-0.2, -0.15) is 0 Å². The summed E-state index contributed by atoms with van der Waals surface area (Å²) in [6.45, 7) is 0. The van der Waals surface area contributed by atoms with Crippen LogP contribution in [-0.2, 0) is 0 Å². The molecule has 0 bridgehead atoms. The van der Waals surface area contributed by atoms with E-state index >= 15 is 0 Å². The molecule has 0 fully saturated rings. The second kappa shape index (κ2) is 4.20. The summed E-state index contributed by atoms with van der Waals surface area (Å²) in [5.41, 5.74) is 4.92. The second-order valence-corrected chi connectivity index (χ2v) is 3.00. The lowest BCUT2D eigenvalue weighted by molar-refractivity contribution is 0.197. The normalized spacial score (nSPS) is 9.38. The molecule has 0 saturated heterocycles. The molecule has 70 valence electrons. The molecular weight excluding hydrogens is 215 g/mol. The molecule has 0 saturated carbocycles. The SMILES string of the molecule is O=C(O)NNc1ccc(Cl)c(Cl)c1. The van der Waals surface area contributed by atoms with Gasteiger partial charge in [-0.3, -0.25) is 5.43 Å². The third kappa shape index (κ3) is 3.01. The molecule has 0 heterocycles. The molecule has 1 aromatic rings. The van der Waals surface area contributed by atoms with Crippen LogP contribution in [0.1, 0.15) is 0 Å². The van der Waals surface area contributed by atoms with Gasteiger partial charge in [0.1, 0.15) is 0 Å². The van der Waals surface area contributed by atoms with Gasteiger partial charge in [-0.1, -0.05) is 23.2 Å². The van der Waals surface area contributed by atoms with E-state index in [0.717, 1.165) is 0 Å². The molecule has 0 aliphatic rings. The highest BCUT2D eigenvalue weighted by atomic mass is 35.5. The lowest BCUT2D eigenvalue weighted by Crippen LogP contribution is -2.27. The summed E-state index contributed by atoms with van der Waals surface area (Å²) in [6.07, 6.45) is -1.17. The largest absolute Gasteiger partial charge is 0.464 e. The summed E-state index contributed by atoms with van der Waals surface area (Å²) in [7, 11) is 0. The maximum absolute atomic E-state index is 10.1. The van der Waals surface area contributed by atoms with E-state index in [4.69, 9.17) is 28.3 Å². The van der Waals surface area contributed by atoms with Gasteiger partial charge in [-0.15, -0.1) is 0 Å². The van der Waals surface area contributed by atoms with Crippen LogP contribution in [0.5, 0.6) is 0 Å². The zero-order valence-electron chi connectivity index (χ0n) is 6.34. The summed E-state index contributed by atoms with van der Waals surface area (Å²) in [5, 5.41) is 9.05. The zero-order valence-corrected chi connectivity index (χ0v) is 7.86. The van der Waals surface area contributed by atoms with Crippen molar-refractivity contribution in [2.45, 2.75) is 0 Å². The molecule has 3 N–H and O–H groups in total. The van der Waals surface area contributed by atoms with E-state index in [9.17, 15) is 4.79 Å². The molecule has 0 unspecified atom stereocenters. The van der Waals surface area contributed by atoms with Crippen LogP contribution in [0.4, 0.5) is 10.5 Å². The Morgan fingerprint density at radius 3 is 2.54 bits per heavy atom. The van der Waals surface area contributed by atoms with Crippen LogP contribution in [0, 0.1) is 0 Å². The number of halogens is 2. The summed E-state index contributed by atoms with van der Waals surface area (Å²) in [4.78, 5) is 10.1.